The van der Waals surface area contributed by atoms with Crippen molar-refractivity contribution in [3.63, 3.8) is 0 Å². The molecule has 17 atom stereocenters. The van der Waals surface area contributed by atoms with E-state index >= 15 is 0 Å². The Bertz CT molecular complexity index is 1440. The van der Waals surface area contributed by atoms with E-state index < -0.39 is 124 Å². The molecular formula is C51H91NO18. The number of aliphatic hydroxyl groups excluding tert-OH is 11. The molecule has 3 saturated heterocycles. The van der Waals surface area contributed by atoms with Crippen molar-refractivity contribution >= 4 is 5.91 Å². The van der Waals surface area contributed by atoms with Gasteiger partial charge in [0, 0.05) is 6.42 Å². The molecule has 19 nitrogen and oxygen atoms in total. The molecule has 3 aliphatic heterocycles. The number of unbranched alkanes of at least 4 members (excludes halogenated alkanes) is 16. The van der Waals surface area contributed by atoms with Crippen LogP contribution < -0.4 is 5.32 Å². The number of hydrogen-bond donors (Lipinski definition) is 12. The van der Waals surface area contributed by atoms with Crippen molar-refractivity contribution in [3.05, 3.63) is 36.5 Å². The molecule has 408 valence electrons. The summed E-state index contributed by atoms with van der Waals surface area (Å²) in [5.41, 5.74) is 0. The van der Waals surface area contributed by atoms with Crippen LogP contribution in [0.25, 0.3) is 0 Å². The van der Waals surface area contributed by atoms with Crippen molar-refractivity contribution < 1.29 is 89.4 Å². The molecule has 0 aromatic heterocycles. The van der Waals surface area contributed by atoms with Gasteiger partial charge in [0.2, 0.25) is 5.91 Å². The van der Waals surface area contributed by atoms with Crippen molar-refractivity contribution in [1.82, 2.24) is 5.32 Å². The zero-order valence-corrected chi connectivity index (χ0v) is 41.7. The second-order valence-corrected chi connectivity index (χ2v) is 19.0. The van der Waals surface area contributed by atoms with E-state index in [4.69, 9.17) is 28.4 Å². The quantitative estimate of drug-likeness (QED) is 0.0316. The molecule has 0 saturated carbocycles. The van der Waals surface area contributed by atoms with E-state index in [1.807, 2.05) is 6.08 Å². The van der Waals surface area contributed by atoms with Crippen LogP contribution in [-0.4, -0.2) is 193 Å². The second kappa shape index (κ2) is 36.0. The molecule has 17 unspecified atom stereocenters. The van der Waals surface area contributed by atoms with Crippen LogP contribution in [0, 0.1) is 0 Å². The first kappa shape index (κ1) is 62.3. The Labute approximate surface area is 415 Å². The van der Waals surface area contributed by atoms with Gasteiger partial charge in [0.15, 0.2) is 18.9 Å². The van der Waals surface area contributed by atoms with E-state index in [0.29, 0.717) is 12.8 Å². The monoisotopic (exact) mass is 1010 g/mol. The number of rotatable bonds is 36. The van der Waals surface area contributed by atoms with Crippen LogP contribution in [0.15, 0.2) is 36.5 Å². The fourth-order valence-corrected chi connectivity index (χ4v) is 8.75. The third kappa shape index (κ3) is 21.5. The molecule has 0 radical (unpaired) electrons. The fourth-order valence-electron chi connectivity index (χ4n) is 8.75. The Hall–Kier alpha value is -1.99. The first-order valence-electron chi connectivity index (χ1n) is 26.2. The highest BCUT2D eigenvalue weighted by Crippen LogP contribution is 2.33. The third-order valence-electron chi connectivity index (χ3n) is 13.2. The minimum Gasteiger partial charge on any atom is -0.394 e. The van der Waals surface area contributed by atoms with Crippen molar-refractivity contribution in [2.75, 3.05) is 26.4 Å². The lowest BCUT2D eigenvalue weighted by atomic mass is 9.96. The smallest absolute Gasteiger partial charge is 0.220 e. The molecule has 3 heterocycles. The minimum absolute atomic E-state index is 0.227. The number of carbonyl (C=O) groups is 1. The van der Waals surface area contributed by atoms with Crippen LogP contribution in [-0.2, 0) is 33.2 Å². The Morgan fingerprint density at radius 1 is 0.500 bits per heavy atom. The average molecular weight is 1010 g/mol. The lowest BCUT2D eigenvalue weighted by Gasteiger charge is -2.48. The van der Waals surface area contributed by atoms with Gasteiger partial charge in [-0.05, 0) is 44.9 Å². The molecule has 3 rings (SSSR count). The van der Waals surface area contributed by atoms with E-state index in [-0.39, 0.29) is 18.9 Å². The number of carbonyl (C=O) groups excluding carboxylic acids is 1. The maximum Gasteiger partial charge on any atom is 0.220 e. The van der Waals surface area contributed by atoms with E-state index in [9.17, 15) is 61.0 Å². The van der Waals surface area contributed by atoms with E-state index in [1.54, 1.807) is 6.08 Å². The van der Waals surface area contributed by atoms with Crippen LogP contribution in [0.4, 0.5) is 0 Å². The summed E-state index contributed by atoms with van der Waals surface area (Å²) in [6.07, 6.45) is 7.89. The SMILES string of the molecule is CCCCCCCCCCCC/C=C/CC/C=C/CC/C=C/C(O)C(COC1OC(CO)C(OC2OC(CO)C(OC3OC(CO)C(O)C(O)C3O)C(O)C2O)C(O)C1O)NC(=O)CCCCCCC. The molecule has 0 aromatic carbocycles. The number of amides is 1. The van der Waals surface area contributed by atoms with Crippen LogP contribution in [0.1, 0.15) is 149 Å². The molecule has 3 fully saturated rings. The highest BCUT2D eigenvalue weighted by atomic mass is 16.8. The molecular weight excluding hydrogens is 915 g/mol. The van der Waals surface area contributed by atoms with Gasteiger partial charge in [0.1, 0.15) is 73.2 Å². The molecule has 3 aliphatic rings. The highest BCUT2D eigenvalue weighted by molar-refractivity contribution is 5.76. The lowest BCUT2D eigenvalue weighted by molar-refractivity contribution is -0.379. The van der Waals surface area contributed by atoms with Crippen molar-refractivity contribution in [2.24, 2.45) is 0 Å². The summed E-state index contributed by atoms with van der Waals surface area (Å²) in [4.78, 5) is 13.0. The molecule has 1 amide bonds. The predicted molar refractivity (Wildman–Crippen MR) is 259 cm³/mol. The van der Waals surface area contributed by atoms with E-state index in [1.165, 1.54) is 64.2 Å². The average Bonchev–Trinajstić information content (AvgIpc) is 3.35. The summed E-state index contributed by atoms with van der Waals surface area (Å²) in [6.45, 7) is 1.55. The van der Waals surface area contributed by atoms with Gasteiger partial charge in [-0.3, -0.25) is 4.79 Å². The minimum atomic E-state index is -1.98. The van der Waals surface area contributed by atoms with Gasteiger partial charge in [-0.1, -0.05) is 134 Å². The number of nitrogens with one attached hydrogen (secondary N) is 1. The number of hydrogen-bond acceptors (Lipinski definition) is 18. The largest absolute Gasteiger partial charge is 0.394 e. The van der Waals surface area contributed by atoms with Gasteiger partial charge in [-0.2, -0.15) is 0 Å². The standard InChI is InChI=1S/C51H91NO18/c1-3-5-7-9-10-11-12-13-14-15-16-17-18-19-20-21-22-23-25-26-28-35(56)34(52-39(57)29-27-24-8-6-4-2)33-65-49-45(63)42(60)47(37(31-54)67-49)70-51-46(64)43(61)48(38(32-55)68-51)69-50-44(62)41(59)40(58)36(30-53)66-50/h17-18,21-22,26,28,34-38,40-51,53-56,58-64H,3-16,19-20,23-25,27,29-33H2,1-2H3,(H,52,57)/b18-17+,22-21+,28-26+. The topological polar surface area (TPSA) is 307 Å². The third-order valence-corrected chi connectivity index (χ3v) is 13.2. The maximum atomic E-state index is 13.0. The summed E-state index contributed by atoms with van der Waals surface area (Å²) in [6, 6.07) is -0.989. The number of ether oxygens (including phenoxy) is 6. The summed E-state index contributed by atoms with van der Waals surface area (Å²) in [5.74, 6) is -0.305. The van der Waals surface area contributed by atoms with Crippen LogP contribution in [0.2, 0.25) is 0 Å². The molecule has 0 aromatic rings. The zero-order chi connectivity index (χ0) is 51.3. The van der Waals surface area contributed by atoms with Gasteiger partial charge in [-0.15, -0.1) is 0 Å². The normalized spacial score (nSPS) is 32.8. The van der Waals surface area contributed by atoms with Gasteiger partial charge >= 0.3 is 0 Å². The maximum absolute atomic E-state index is 13.0. The molecule has 70 heavy (non-hydrogen) atoms. The van der Waals surface area contributed by atoms with Crippen LogP contribution >= 0.6 is 0 Å². The molecule has 12 N–H and O–H groups in total. The summed E-state index contributed by atoms with van der Waals surface area (Å²) < 4.78 is 34.0. The molecule has 0 aliphatic carbocycles. The van der Waals surface area contributed by atoms with Gasteiger partial charge < -0.3 is 89.9 Å². The van der Waals surface area contributed by atoms with Crippen LogP contribution in [0.5, 0.6) is 0 Å². The van der Waals surface area contributed by atoms with Crippen molar-refractivity contribution in [1.29, 1.82) is 0 Å². The van der Waals surface area contributed by atoms with Crippen molar-refractivity contribution in [2.45, 2.75) is 253 Å². The Balaban J connectivity index is 1.51. The molecule has 0 spiro atoms. The Morgan fingerprint density at radius 3 is 1.43 bits per heavy atom. The summed E-state index contributed by atoms with van der Waals surface area (Å²) in [5, 5.41) is 119. The first-order valence-corrected chi connectivity index (χ1v) is 26.2. The van der Waals surface area contributed by atoms with Gasteiger partial charge in [0.25, 0.3) is 0 Å². The Kier molecular flexibility index (Phi) is 32.1. The number of allylic oxidation sites excluding steroid dienone is 5. The molecule has 0 bridgehead atoms. The Morgan fingerprint density at radius 2 is 0.914 bits per heavy atom. The molecule has 19 heteroatoms. The first-order chi connectivity index (χ1) is 33.8. The predicted octanol–water partition coefficient (Wildman–Crippen LogP) is 2.20. The summed E-state index contributed by atoms with van der Waals surface area (Å²) in [7, 11) is 0. The second-order valence-electron chi connectivity index (χ2n) is 19.0. The fraction of sp³-hybridized carbons (Fsp3) is 0.863. The highest BCUT2D eigenvalue weighted by Gasteiger charge is 2.53. The van der Waals surface area contributed by atoms with Gasteiger partial charge in [-0.25, -0.2) is 0 Å². The number of aliphatic hydroxyl groups is 11. The van der Waals surface area contributed by atoms with Crippen LogP contribution in [0.3, 0.4) is 0 Å². The van der Waals surface area contributed by atoms with Crippen molar-refractivity contribution in [3.8, 4) is 0 Å². The van der Waals surface area contributed by atoms with Gasteiger partial charge in [0.05, 0.1) is 38.6 Å². The summed E-state index contributed by atoms with van der Waals surface area (Å²) >= 11 is 0. The van der Waals surface area contributed by atoms with E-state index in [0.717, 1.165) is 51.4 Å². The lowest BCUT2D eigenvalue weighted by Crippen LogP contribution is -2.66. The zero-order valence-electron chi connectivity index (χ0n) is 41.7. The van der Waals surface area contributed by atoms with E-state index in [2.05, 4.69) is 43.5 Å².